The van der Waals surface area contributed by atoms with Crippen molar-refractivity contribution in [3.8, 4) is 0 Å². The van der Waals surface area contributed by atoms with Crippen LogP contribution in [0.1, 0.15) is 123 Å². The van der Waals surface area contributed by atoms with E-state index in [0.29, 0.717) is 13.0 Å². The molecule has 0 spiro atoms. The van der Waals surface area contributed by atoms with Crippen LogP contribution >= 0.6 is 0 Å². The Kier molecular flexibility index (Phi) is 20.3. The summed E-state index contributed by atoms with van der Waals surface area (Å²) in [5.74, 6) is -0.0528. The van der Waals surface area contributed by atoms with Crippen LogP contribution in [-0.4, -0.2) is 25.8 Å². The lowest BCUT2D eigenvalue weighted by Gasteiger charge is -2.09. The molecule has 0 heterocycles. The SMILES string of the molecule is CCCCCCCCCCCCCCCCCC(=O)OCCC(C)OC. The molecule has 0 rings (SSSR count). The Balaban J connectivity index is 3.14. The molecule has 0 fully saturated rings. The molecule has 0 N–H and O–H groups in total. The summed E-state index contributed by atoms with van der Waals surface area (Å²) in [7, 11) is 1.68. The van der Waals surface area contributed by atoms with Crippen LogP contribution in [0.2, 0.25) is 0 Å². The lowest BCUT2D eigenvalue weighted by atomic mass is 10.0. The van der Waals surface area contributed by atoms with E-state index in [1.165, 1.54) is 83.5 Å². The zero-order valence-electron chi connectivity index (χ0n) is 18.0. The minimum absolute atomic E-state index is 0.0528. The normalized spacial score (nSPS) is 12.3. The minimum Gasteiger partial charge on any atom is -0.466 e. The van der Waals surface area contributed by atoms with Gasteiger partial charge in [-0.25, -0.2) is 0 Å². The van der Waals surface area contributed by atoms with Crippen molar-refractivity contribution in [1.29, 1.82) is 0 Å². The molecule has 0 aromatic heterocycles. The summed E-state index contributed by atoms with van der Waals surface area (Å²) in [6.45, 7) is 4.75. The quantitative estimate of drug-likeness (QED) is 0.168. The van der Waals surface area contributed by atoms with Gasteiger partial charge in [0.2, 0.25) is 0 Å². The molecule has 3 heteroatoms. The smallest absolute Gasteiger partial charge is 0.305 e. The molecular formula is C23H46O3. The van der Waals surface area contributed by atoms with Crippen LogP contribution in [0.25, 0.3) is 0 Å². The summed E-state index contributed by atoms with van der Waals surface area (Å²) in [6, 6.07) is 0. The first-order valence-corrected chi connectivity index (χ1v) is 11.4. The van der Waals surface area contributed by atoms with Crippen molar-refractivity contribution in [2.24, 2.45) is 0 Å². The molecule has 0 radical (unpaired) electrons. The van der Waals surface area contributed by atoms with E-state index in [1.807, 2.05) is 6.92 Å². The van der Waals surface area contributed by atoms with Gasteiger partial charge in [-0.3, -0.25) is 4.79 Å². The minimum atomic E-state index is -0.0528. The van der Waals surface area contributed by atoms with Crippen LogP contribution in [0.3, 0.4) is 0 Å². The second-order valence-corrected chi connectivity index (χ2v) is 7.76. The van der Waals surface area contributed by atoms with E-state index in [-0.39, 0.29) is 12.1 Å². The lowest BCUT2D eigenvalue weighted by Crippen LogP contribution is -2.12. The highest BCUT2D eigenvalue weighted by molar-refractivity contribution is 5.69. The van der Waals surface area contributed by atoms with E-state index in [9.17, 15) is 4.79 Å². The Hall–Kier alpha value is -0.570. The molecular weight excluding hydrogens is 324 g/mol. The van der Waals surface area contributed by atoms with Gasteiger partial charge in [-0.1, -0.05) is 96.8 Å². The first-order valence-electron chi connectivity index (χ1n) is 11.4. The maximum atomic E-state index is 11.6. The van der Waals surface area contributed by atoms with Gasteiger partial charge in [-0.05, 0) is 13.3 Å². The fraction of sp³-hybridized carbons (Fsp3) is 0.957. The molecule has 1 atom stereocenters. The molecule has 0 saturated heterocycles. The number of esters is 1. The molecule has 1 unspecified atom stereocenters. The predicted molar refractivity (Wildman–Crippen MR) is 112 cm³/mol. The Morgan fingerprint density at radius 2 is 1.15 bits per heavy atom. The van der Waals surface area contributed by atoms with Crippen LogP contribution in [-0.2, 0) is 14.3 Å². The molecule has 0 aliphatic carbocycles. The average molecular weight is 371 g/mol. The summed E-state index contributed by atoms with van der Waals surface area (Å²) in [5.41, 5.74) is 0. The highest BCUT2D eigenvalue weighted by atomic mass is 16.5. The van der Waals surface area contributed by atoms with Crippen molar-refractivity contribution >= 4 is 5.97 Å². The Bertz CT molecular complexity index is 291. The van der Waals surface area contributed by atoms with Crippen molar-refractivity contribution in [1.82, 2.24) is 0 Å². The second kappa shape index (κ2) is 20.7. The lowest BCUT2D eigenvalue weighted by molar-refractivity contribution is -0.144. The number of methoxy groups -OCH3 is 1. The summed E-state index contributed by atoms with van der Waals surface area (Å²) >= 11 is 0. The van der Waals surface area contributed by atoms with Gasteiger partial charge in [-0.2, -0.15) is 0 Å². The first kappa shape index (κ1) is 25.4. The van der Waals surface area contributed by atoms with Crippen molar-refractivity contribution < 1.29 is 14.3 Å². The van der Waals surface area contributed by atoms with Crippen LogP contribution in [0.4, 0.5) is 0 Å². The van der Waals surface area contributed by atoms with Gasteiger partial charge >= 0.3 is 5.97 Å². The molecule has 3 nitrogen and oxygen atoms in total. The van der Waals surface area contributed by atoms with E-state index in [1.54, 1.807) is 7.11 Å². The van der Waals surface area contributed by atoms with Crippen LogP contribution in [0.5, 0.6) is 0 Å². The molecule has 0 saturated carbocycles. The summed E-state index contributed by atoms with van der Waals surface area (Å²) < 4.78 is 10.3. The van der Waals surface area contributed by atoms with Gasteiger partial charge in [0.15, 0.2) is 0 Å². The highest BCUT2D eigenvalue weighted by Gasteiger charge is 2.05. The van der Waals surface area contributed by atoms with Gasteiger partial charge in [0.05, 0.1) is 12.7 Å². The summed E-state index contributed by atoms with van der Waals surface area (Å²) in [4.78, 5) is 11.6. The van der Waals surface area contributed by atoms with Gasteiger partial charge < -0.3 is 9.47 Å². The molecule has 0 bridgehead atoms. The number of rotatable bonds is 20. The standard InChI is InChI=1S/C23H46O3/c1-4-5-6-7-8-9-10-11-12-13-14-15-16-17-18-19-23(24)26-21-20-22(2)25-3/h22H,4-21H2,1-3H3. The molecule has 0 aromatic rings. The molecule has 0 aliphatic rings. The van der Waals surface area contributed by atoms with Gasteiger partial charge in [0.25, 0.3) is 0 Å². The largest absolute Gasteiger partial charge is 0.466 e. The zero-order valence-corrected chi connectivity index (χ0v) is 18.0. The molecule has 156 valence electrons. The number of unbranched alkanes of at least 4 members (excludes halogenated alkanes) is 14. The second-order valence-electron chi connectivity index (χ2n) is 7.76. The van der Waals surface area contributed by atoms with Crippen molar-refractivity contribution in [2.75, 3.05) is 13.7 Å². The van der Waals surface area contributed by atoms with Gasteiger partial charge in [0, 0.05) is 20.0 Å². The maximum Gasteiger partial charge on any atom is 0.305 e. The third-order valence-electron chi connectivity index (χ3n) is 5.17. The summed E-state index contributed by atoms with van der Waals surface area (Å²) in [5, 5.41) is 0. The van der Waals surface area contributed by atoms with Crippen molar-refractivity contribution in [3.05, 3.63) is 0 Å². The molecule has 0 amide bonds. The monoisotopic (exact) mass is 370 g/mol. The third-order valence-corrected chi connectivity index (χ3v) is 5.17. The molecule has 0 aliphatic heterocycles. The first-order chi connectivity index (χ1) is 12.7. The summed E-state index contributed by atoms with van der Waals surface area (Å²) in [6.07, 6.45) is 21.7. The van der Waals surface area contributed by atoms with E-state index in [4.69, 9.17) is 9.47 Å². The fourth-order valence-electron chi connectivity index (χ4n) is 3.17. The van der Waals surface area contributed by atoms with Gasteiger partial charge in [0.1, 0.15) is 0 Å². The van der Waals surface area contributed by atoms with Crippen molar-refractivity contribution in [2.45, 2.75) is 129 Å². The highest BCUT2D eigenvalue weighted by Crippen LogP contribution is 2.13. The zero-order chi connectivity index (χ0) is 19.3. The predicted octanol–water partition coefficient (Wildman–Crippen LogP) is 7.22. The molecule has 0 aromatic carbocycles. The van der Waals surface area contributed by atoms with E-state index in [2.05, 4.69) is 6.92 Å². The maximum absolute atomic E-state index is 11.6. The number of hydrogen-bond acceptors (Lipinski definition) is 3. The number of carbonyl (C=O) groups is 1. The number of ether oxygens (including phenoxy) is 2. The van der Waals surface area contributed by atoms with E-state index < -0.39 is 0 Å². The Labute approximate surface area is 163 Å². The van der Waals surface area contributed by atoms with Crippen molar-refractivity contribution in [3.63, 3.8) is 0 Å². The van der Waals surface area contributed by atoms with E-state index >= 15 is 0 Å². The van der Waals surface area contributed by atoms with Crippen LogP contribution in [0.15, 0.2) is 0 Å². The topological polar surface area (TPSA) is 35.5 Å². The van der Waals surface area contributed by atoms with Crippen LogP contribution in [0, 0.1) is 0 Å². The Morgan fingerprint density at radius 1 is 0.731 bits per heavy atom. The fourth-order valence-corrected chi connectivity index (χ4v) is 3.17. The molecule has 26 heavy (non-hydrogen) atoms. The Morgan fingerprint density at radius 3 is 1.58 bits per heavy atom. The van der Waals surface area contributed by atoms with Gasteiger partial charge in [-0.15, -0.1) is 0 Å². The average Bonchev–Trinajstić information content (AvgIpc) is 2.64. The number of hydrogen-bond donors (Lipinski definition) is 0. The van der Waals surface area contributed by atoms with Crippen LogP contribution < -0.4 is 0 Å². The number of carbonyl (C=O) groups excluding carboxylic acids is 1. The van der Waals surface area contributed by atoms with E-state index in [0.717, 1.165) is 19.3 Å². The third kappa shape index (κ3) is 19.8.